The highest BCUT2D eigenvalue weighted by molar-refractivity contribution is 5.97. The molecular weight excluding hydrogens is 298 g/mol. The van der Waals surface area contributed by atoms with E-state index in [4.69, 9.17) is 9.73 Å². The van der Waals surface area contributed by atoms with Crippen molar-refractivity contribution >= 4 is 5.90 Å². The van der Waals surface area contributed by atoms with Gasteiger partial charge in [0.2, 0.25) is 5.90 Å². The number of ether oxygens (including phenoxy) is 1. The molecule has 124 valence electrons. The maximum atomic E-state index is 11.0. The van der Waals surface area contributed by atoms with Gasteiger partial charge in [-0.05, 0) is 36.5 Å². The lowest BCUT2D eigenvalue weighted by atomic mass is 9.88. The van der Waals surface area contributed by atoms with Gasteiger partial charge in [-0.15, -0.1) is 0 Å². The van der Waals surface area contributed by atoms with Crippen molar-refractivity contribution in [2.24, 2.45) is 4.99 Å². The molecule has 1 aliphatic carbocycles. The minimum atomic E-state index is -0.722. The van der Waals surface area contributed by atoms with Crippen molar-refractivity contribution in [3.05, 3.63) is 71.3 Å². The standard InChI is InChI=1S/C21H23NO2/c23-21(12-6-7-13-21)19-11-5-4-10-18(19)20-22-17(15-24-20)14-16-8-2-1-3-9-16/h1-5,8-11,17,23H,6-7,12-15H2/t17-/m1/s1. The Kier molecular flexibility index (Phi) is 4.11. The lowest BCUT2D eigenvalue weighted by molar-refractivity contribution is 0.0441. The van der Waals surface area contributed by atoms with Crippen molar-refractivity contribution in [1.82, 2.24) is 0 Å². The summed E-state index contributed by atoms with van der Waals surface area (Å²) in [6.07, 6.45) is 4.69. The quantitative estimate of drug-likeness (QED) is 0.930. The lowest BCUT2D eigenvalue weighted by Crippen LogP contribution is -2.24. The Morgan fingerprint density at radius 2 is 1.71 bits per heavy atom. The Morgan fingerprint density at radius 1 is 1.00 bits per heavy atom. The first-order chi connectivity index (χ1) is 11.7. The van der Waals surface area contributed by atoms with E-state index in [0.717, 1.165) is 43.2 Å². The van der Waals surface area contributed by atoms with E-state index < -0.39 is 5.60 Å². The molecule has 1 atom stereocenters. The molecule has 0 aromatic heterocycles. The Morgan fingerprint density at radius 3 is 2.50 bits per heavy atom. The van der Waals surface area contributed by atoms with E-state index in [1.54, 1.807) is 0 Å². The molecule has 1 heterocycles. The van der Waals surface area contributed by atoms with Crippen molar-refractivity contribution in [2.75, 3.05) is 6.61 Å². The van der Waals surface area contributed by atoms with Crippen LogP contribution in [0.3, 0.4) is 0 Å². The molecule has 0 saturated heterocycles. The number of rotatable bonds is 4. The number of hydrogen-bond donors (Lipinski definition) is 1. The molecule has 2 aromatic carbocycles. The molecule has 3 nitrogen and oxygen atoms in total. The predicted octanol–water partition coefficient (Wildman–Crippen LogP) is 3.84. The highest BCUT2D eigenvalue weighted by Gasteiger charge is 2.36. The molecule has 1 aliphatic heterocycles. The molecule has 3 heteroatoms. The molecular formula is C21H23NO2. The van der Waals surface area contributed by atoms with E-state index >= 15 is 0 Å². The van der Waals surface area contributed by atoms with Gasteiger partial charge < -0.3 is 9.84 Å². The minimum Gasteiger partial charge on any atom is -0.475 e. The summed E-state index contributed by atoms with van der Waals surface area (Å²) in [6.45, 7) is 0.608. The van der Waals surface area contributed by atoms with Gasteiger partial charge >= 0.3 is 0 Å². The van der Waals surface area contributed by atoms with Crippen LogP contribution in [0.4, 0.5) is 0 Å². The minimum absolute atomic E-state index is 0.147. The number of nitrogens with zero attached hydrogens (tertiary/aromatic N) is 1. The predicted molar refractivity (Wildman–Crippen MR) is 95.2 cm³/mol. The van der Waals surface area contributed by atoms with E-state index in [-0.39, 0.29) is 6.04 Å². The van der Waals surface area contributed by atoms with E-state index in [0.29, 0.717) is 12.5 Å². The average Bonchev–Trinajstić information content (AvgIpc) is 3.26. The van der Waals surface area contributed by atoms with Crippen molar-refractivity contribution < 1.29 is 9.84 Å². The first-order valence-electron chi connectivity index (χ1n) is 8.81. The molecule has 0 bridgehead atoms. The molecule has 0 spiro atoms. The zero-order valence-corrected chi connectivity index (χ0v) is 13.8. The highest BCUT2D eigenvalue weighted by Crippen LogP contribution is 2.40. The van der Waals surface area contributed by atoms with Crippen molar-refractivity contribution in [2.45, 2.75) is 43.7 Å². The second-order valence-electron chi connectivity index (χ2n) is 6.87. The van der Waals surface area contributed by atoms with Crippen LogP contribution < -0.4 is 0 Å². The zero-order valence-electron chi connectivity index (χ0n) is 13.8. The van der Waals surface area contributed by atoms with Gasteiger partial charge in [-0.3, -0.25) is 0 Å². The monoisotopic (exact) mass is 321 g/mol. The zero-order chi connectivity index (χ0) is 16.4. The summed E-state index contributed by atoms with van der Waals surface area (Å²) in [6, 6.07) is 18.6. The molecule has 2 aromatic rings. The Balaban J connectivity index is 1.59. The summed E-state index contributed by atoms with van der Waals surface area (Å²) in [5.41, 5.74) is 2.48. The van der Waals surface area contributed by atoms with Crippen LogP contribution in [0.1, 0.15) is 42.4 Å². The third kappa shape index (κ3) is 2.96. The van der Waals surface area contributed by atoms with Gasteiger partial charge in [0.25, 0.3) is 0 Å². The number of benzene rings is 2. The molecule has 0 radical (unpaired) electrons. The van der Waals surface area contributed by atoms with Crippen LogP contribution in [-0.2, 0) is 16.8 Å². The van der Waals surface area contributed by atoms with Crippen LogP contribution in [0.5, 0.6) is 0 Å². The first-order valence-corrected chi connectivity index (χ1v) is 8.81. The third-order valence-corrected chi connectivity index (χ3v) is 5.12. The SMILES string of the molecule is OC1(c2ccccc2C2=N[C@H](Cc3ccccc3)CO2)CCCC1. The van der Waals surface area contributed by atoms with Crippen molar-refractivity contribution in [3.63, 3.8) is 0 Å². The average molecular weight is 321 g/mol. The summed E-state index contributed by atoms with van der Waals surface area (Å²) < 4.78 is 5.91. The van der Waals surface area contributed by atoms with Crippen LogP contribution >= 0.6 is 0 Å². The van der Waals surface area contributed by atoms with Gasteiger partial charge in [-0.2, -0.15) is 0 Å². The summed E-state index contributed by atoms with van der Waals surface area (Å²) in [7, 11) is 0. The number of hydrogen-bond acceptors (Lipinski definition) is 3. The second kappa shape index (κ2) is 6.40. The van der Waals surface area contributed by atoms with Crippen LogP contribution in [0.2, 0.25) is 0 Å². The fourth-order valence-electron chi connectivity index (χ4n) is 3.86. The molecule has 1 fully saturated rings. The molecule has 4 rings (SSSR count). The van der Waals surface area contributed by atoms with Crippen LogP contribution in [0.25, 0.3) is 0 Å². The van der Waals surface area contributed by atoms with Crippen molar-refractivity contribution in [3.8, 4) is 0 Å². The largest absolute Gasteiger partial charge is 0.475 e. The smallest absolute Gasteiger partial charge is 0.216 e. The van der Waals surface area contributed by atoms with Gasteiger partial charge in [-0.1, -0.05) is 61.4 Å². The van der Waals surface area contributed by atoms with Crippen LogP contribution in [0.15, 0.2) is 59.6 Å². The van der Waals surface area contributed by atoms with Gasteiger partial charge in [0.1, 0.15) is 6.61 Å². The summed E-state index contributed by atoms with van der Waals surface area (Å²) in [5, 5.41) is 11.0. The summed E-state index contributed by atoms with van der Waals surface area (Å²) in [4.78, 5) is 4.80. The maximum absolute atomic E-state index is 11.0. The van der Waals surface area contributed by atoms with E-state index in [1.165, 1.54) is 5.56 Å². The van der Waals surface area contributed by atoms with Crippen LogP contribution in [-0.4, -0.2) is 23.7 Å². The third-order valence-electron chi connectivity index (χ3n) is 5.12. The Labute approximate surface area is 143 Å². The number of aliphatic hydroxyl groups is 1. The fraction of sp³-hybridized carbons (Fsp3) is 0.381. The topological polar surface area (TPSA) is 41.8 Å². The molecule has 0 unspecified atom stereocenters. The second-order valence-corrected chi connectivity index (χ2v) is 6.87. The lowest BCUT2D eigenvalue weighted by Gasteiger charge is -2.25. The highest BCUT2D eigenvalue weighted by atomic mass is 16.5. The fourth-order valence-corrected chi connectivity index (χ4v) is 3.86. The normalized spacial score (nSPS) is 22.2. The molecule has 2 aliphatic rings. The van der Waals surface area contributed by atoms with E-state index in [2.05, 4.69) is 24.3 Å². The van der Waals surface area contributed by atoms with Gasteiger partial charge in [0, 0.05) is 5.56 Å². The Hall–Kier alpha value is -2.13. The van der Waals surface area contributed by atoms with Gasteiger partial charge in [0.15, 0.2) is 0 Å². The summed E-state index contributed by atoms with van der Waals surface area (Å²) in [5.74, 6) is 0.687. The van der Waals surface area contributed by atoms with E-state index in [1.807, 2.05) is 30.3 Å². The summed E-state index contributed by atoms with van der Waals surface area (Å²) >= 11 is 0. The first kappa shape index (κ1) is 15.4. The maximum Gasteiger partial charge on any atom is 0.216 e. The van der Waals surface area contributed by atoms with E-state index in [9.17, 15) is 5.11 Å². The van der Waals surface area contributed by atoms with Crippen LogP contribution in [0, 0.1) is 0 Å². The Bertz CT molecular complexity index is 733. The molecule has 24 heavy (non-hydrogen) atoms. The van der Waals surface area contributed by atoms with Crippen molar-refractivity contribution in [1.29, 1.82) is 0 Å². The molecule has 1 saturated carbocycles. The van der Waals surface area contributed by atoms with Gasteiger partial charge in [-0.25, -0.2) is 4.99 Å². The molecule has 1 N–H and O–H groups in total. The molecule has 0 amide bonds. The van der Waals surface area contributed by atoms with Gasteiger partial charge in [0.05, 0.1) is 11.6 Å². The number of aliphatic imine (C=N–C) groups is 1.